The van der Waals surface area contributed by atoms with Crippen LogP contribution in [0, 0.1) is 0 Å². The van der Waals surface area contributed by atoms with Gasteiger partial charge in [-0.1, -0.05) is 48.0 Å². The number of anilines is 2. The first-order chi connectivity index (χ1) is 16.7. The number of fused-ring (bicyclic) bond motifs is 1. The summed E-state index contributed by atoms with van der Waals surface area (Å²) < 4.78 is 0. The predicted molar refractivity (Wildman–Crippen MR) is 136 cm³/mol. The van der Waals surface area contributed by atoms with Crippen molar-refractivity contribution >= 4 is 39.9 Å². The topological polar surface area (TPSA) is 79.8 Å². The highest BCUT2D eigenvalue weighted by Crippen LogP contribution is 2.33. The van der Waals surface area contributed by atoms with Crippen LogP contribution < -0.4 is 10.6 Å². The van der Waals surface area contributed by atoms with Crippen LogP contribution in [0.25, 0.3) is 22.0 Å². The van der Waals surface area contributed by atoms with Crippen LogP contribution in [0.5, 0.6) is 0 Å². The molecule has 7 heteroatoms. The van der Waals surface area contributed by atoms with Crippen LogP contribution in [0.15, 0.2) is 97.5 Å². The standard InChI is InChI=1S/C27H20ClN5O/c28-24-11-10-21(16-23(24)25-22-5-2-1-4-19(22)12-15-29-25)33-26(34)20-8-6-18(7-9-20)17-32-27-30-13-3-14-31-27/h1-16H,17H2,(H,33,34)(H,30,31,32). The monoisotopic (exact) mass is 465 g/mol. The Labute approximate surface area is 201 Å². The zero-order valence-corrected chi connectivity index (χ0v) is 18.8. The smallest absolute Gasteiger partial charge is 0.255 e. The first-order valence-electron chi connectivity index (χ1n) is 10.7. The molecule has 0 unspecified atom stereocenters. The van der Waals surface area contributed by atoms with Crippen molar-refractivity contribution in [2.24, 2.45) is 0 Å². The minimum atomic E-state index is -0.204. The summed E-state index contributed by atoms with van der Waals surface area (Å²) >= 11 is 6.51. The van der Waals surface area contributed by atoms with Gasteiger partial charge in [0.25, 0.3) is 5.91 Å². The molecule has 5 aromatic rings. The van der Waals surface area contributed by atoms with E-state index in [4.69, 9.17) is 11.6 Å². The van der Waals surface area contributed by atoms with Crippen molar-refractivity contribution < 1.29 is 4.79 Å². The molecule has 5 rings (SSSR count). The number of carbonyl (C=O) groups excluding carboxylic acids is 1. The van der Waals surface area contributed by atoms with Crippen molar-refractivity contribution in [2.45, 2.75) is 6.54 Å². The lowest BCUT2D eigenvalue weighted by molar-refractivity contribution is 0.102. The third kappa shape index (κ3) is 4.72. The van der Waals surface area contributed by atoms with E-state index in [0.717, 1.165) is 27.6 Å². The number of hydrogen-bond donors (Lipinski definition) is 2. The molecule has 0 radical (unpaired) electrons. The number of carbonyl (C=O) groups is 1. The van der Waals surface area contributed by atoms with Crippen LogP contribution in [0.2, 0.25) is 5.02 Å². The van der Waals surface area contributed by atoms with Gasteiger partial charge in [0.2, 0.25) is 5.95 Å². The molecule has 6 nitrogen and oxygen atoms in total. The Hall–Kier alpha value is -4.29. The summed E-state index contributed by atoms with van der Waals surface area (Å²) in [6, 6.07) is 24.5. The van der Waals surface area contributed by atoms with Crippen LogP contribution in [0.1, 0.15) is 15.9 Å². The fraction of sp³-hybridized carbons (Fsp3) is 0.0370. The van der Waals surface area contributed by atoms with Crippen molar-refractivity contribution in [2.75, 3.05) is 10.6 Å². The zero-order chi connectivity index (χ0) is 23.3. The van der Waals surface area contributed by atoms with Crippen molar-refractivity contribution in [1.29, 1.82) is 0 Å². The lowest BCUT2D eigenvalue weighted by Gasteiger charge is -2.11. The van der Waals surface area contributed by atoms with Gasteiger partial charge < -0.3 is 10.6 Å². The molecule has 0 aliphatic rings. The Bertz CT molecular complexity index is 1450. The fourth-order valence-electron chi connectivity index (χ4n) is 3.67. The summed E-state index contributed by atoms with van der Waals surface area (Å²) in [5, 5.41) is 8.75. The van der Waals surface area contributed by atoms with Crippen LogP contribution in [0.3, 0.4) is 0 Å². The summed E-state index contributed by atoms with van der Waals surface area (Å²) in [6.45, 7) is 0.560. The number of rotatable bonds is 6. The molecule has 0 bridgehead atoms. The van der Waals surface area contributed by atoms with Gasteiger partial charge in [0.05, 0.1) is 10.7 Å². The van der Waals surface area contributed by atoms with Crippen LogP contribution in [-0.4, -0.2) is 20.9 Å². The largest absolute Gasteiger partial charge is 0.350 e. The first kappa shape index (κ1) is 21.6. The SMILES string of the molecule is O=C(Nc1ccc(Cl)c(-c2nccc3ccccc23)c1)c1ccc(CNc2ncccn2)cc1. The average Bonchev–Trinajstić information content (AvgIpc) is 2.89. The van der Waals surface area contributed by atoms with Crippen LogP contribution in [-0.2, 0) is 6.54 Å². The van der Waals surface area contributed by atoms with Gasteiger partial charge in [0.1, 0.15) is 0 Å². The van der Waals surface area contributed by atoms with E-state index in [1.807, 2.05) is 48.5 Å². The van der Waals surface area contributed by atoms with Crippen molar-refractivity contribution in [1.82, 2.24) is 15.0 Å². The molecule has 0 fully saturated rings. The molecule has 3 aromatic carbocycles. The second-order valence-electron chi connectivity index (χ2n) is 7.65. The minimum absolute atomic E-state index is 0.204. The average molecular weight is 466 g/mol. The van der Waals surface area contributed by atoms with E-state index in [2.05, 4.69) is 25.6 Å². The molecule has 0 saturated heterocycles. The normalized spacial score (nSPS) is 10.7. The van der Waals surface area contributed by atoms with E-state index in [-0.39, 0.29) is 5.91 Å². The highest BCUT2D eigenvalue weighted by Gasteiger charge is 2.12. The van der Waals surface area contributed by atoms with E-state index >= 15 is 0 Å². The van der Waals surface area contributed by atoms with Crippen molar-refractivity contribution in [3.05, 3.63) is 114 Å². The molecule has 0 aliphatic heterocycles. The maximum Gasteiger partial charge on any atom is 0.255 e. The van der Waals surface area contributed by atoms with Crippen LogP contribution in [0.4, 0.5) is 11.6 Å². The summed E-state index contributed by atoms with van der Waals surface area (Å²) in [5.74, 6) is 0.355. The van der Waals surface area contributed by atoms with Gasteiger partial charge in [-0.15, -0.1) is 0 Å². The third-order valence-corrected chi connectivity index (χ3v) is 5.72. The number of hydrogen-bond acceptors (Lipinski definition) is 5. The molecule has 34 heavy (non-hydrogen) atoms. The van der Waals surface area contributed by atoms with Gasteiger partial charge in [0, 0.05) is 47.3 Å². The van der Waals surface area contributed by atoms with Crippen molar-refractivity contribution in [3.63, 3.8) is 0 Å². The zero-order valence-electron chi connectivity index (χ0n) is 18.1. The van der Waals surface area contributed by atoms with E-state index in [1.54, 1.807) is 48.9 Å². The highest BCUT2D eigenvalue weighted by molar-refractivity contribution is 6.33. The van der Waals surface area contributed by atoms with E-state index in [1.165, 1.54) is 0 Å². The molecule has 0 aliphatic carbocycles. The Balaban J connectivity index is 1.32. The third-order valence-electron chi connectivity index (χ3n) is 5.39. The molecule has 2 aromatic heterocycles. The summed E-state index contributed by atoms with van der Waals surface area (Å²) in [5.41, 5.74) is 3.75. The molecule has 0 atom stereocenters. The second kappa shape index (κ2) is 9.68. The molecule has 2 N–H and O–H groups in total. The number of nitrogens with zero attached hydrogens (tertiary/aromatic N) is 3. The maximum absolute atomic E-state index is 12.9. The molecule has 2 heterocycles. The predicted octanol–water partition coefficient (Wildman–Crippen LogP) is 6.21. The number of aromatic nitrogens is 3. The minimum Gasteiger partial charge on any atom is -0.350 e. The summed E-state index contributed by atoms with van der Waals surface area (Å²) in [6.07, 6.45) is 5.13. The molecule has 0 spiro atoms. The Morgan fingerprint density at radius 1 is 0.824 bits per heavy atom. The first-order valence-corrected chi connectivity index (χ1v) is 11.1. The lowest BCUT2D eigenvalue weighted by Crippen LogP contribution is -2.12. The maximum atomic E-state index is 12.9. The van der Waals surface area contributed by atoms with Gasteiger partial charge >= 0.3 is 0 Å². The number of halogens is 1. The fourth-order valence-corrected chi connectivity index (χ4v) is 3.87. The summed E-state index contributed by atoms with van der Waals surface area (Å²) in [7, 11) is 0. The second-order valence-corrected chi connectivity index (χ2v) is 8.06. The number of benzene rings is 3. The van der Waals surface area contributed by atoms with E-state index < -0.39 is 0 Å². The molecule has 1 amide bonds. The van der Waals surface area contributed by atoms with Crippen molar-refractivity contribution in [3.8, 4) is 11.3 Å². The lowest BCUT2D eigenvalue weighted by atomic mass is 10.0. The van der Waals surface area contributed by atoms with Gasteiger partial charge in [0.15, 0.2) is 0 Å². The number of amides is 1. The Morgan fingerprint density at radius 3 is 2.44 bits per heavy atom. The Morgan fingerprint density at radius 2 is 1.62 bits per heavy atom. The molecule has 0 saturated carbocycles. The molecule has 166 valence electrons. The number of pyridine rings is 1. The van der Waals surface area contributed by atoms with E-state index in [9.17, 15) is 4.79 Å². The quantitative estimate of drug-likeness (QED) is 0.311. The van der Waals surface area contributed by atoms with Gasteiger partial charge in [-0.25, -0.2) is 9.97 Å². The molecular formula is C27H20ClN5O. The van der Waals surface area contributed by atoms with Gasteiger partial charge in [-0.2, -0.15) is 0 Å². The van der Waals surface area contributed by atoms with Gasteiger partial charge in [-0.05, 0) is 53.4 Å². The number of nitrogens with one attached hydrogen (secondary N) is 2. The van der Waals surface area contributed by atoms with Gasteiger partial charge in [-0.3, -0.25) is 9.78 Å². The summed E-state index contributed by atoms with van der Waals surface area (Å²) in [4.78, 5) is 25.7. The Kier molecular flexibility index (Phi) is 6.14. The van der Waals surface area contributed by atoms with E-state index in [0.29, 0.717) is 28.8 Å². The highest BCUT2D eigenvalue weighted by atomic mass is 35.5. The molecular weight excluding hydrogens is 446 g/mol. The van der Waals surface area contributed by atoms with Crippen LogP contribution >= 0.6 is 11.6 Å².